The zero-order valence-corrected chi connectivity index (χ0v) is 49.4. The van der Waals surface area contributed by atoms with Gasteiger partial charge in [-0.3, -0.25) is 33.7 Å². The van der Waals surface area contributed by atoms with Gasteiger partial charge in [0.15, 0.2) is 0 Å². The number of rotatable bonds is 21. The predicted molar refractivity (Wildman–Crippen MR) is 318 cm³/mol. The molecule has 9 rings (SSSR count). The van der Waals surface area contributed by atoms with Crippen molar-refractivity contribution in [2.75, 3.05) is 82.7 Å². The molecule has 0 unspecified atom stereocenters. The maximum Gasteiger partial charge on any atom is 0.417 e. The number of aliphatic hydroxyl groups is 1. The minimum Gasteiger partial charge on any atom is -0.391 e. The average Bonchev–Trinajstić information content (AvgIpc) is 3.08. The second-order valence-corrected chi connectivity index (χ2v) is 23.6. The molecule has 85 heavy (non-hydrogen) atoms. The van der Waals surface area contributed by atoms with Crippen LogP contribution in [0.1, 0.15) is 109 Å². The number of nitrogens with zero attached hydrogens (tertiary/aromatic N) is 7. The van der Waals surface area contributed by atoms with Gasteiger partial charge in [0.2, 0.25) is 29.2 Å². The number of likely N-dealkylation sites (tertiary alicyclic amines) is 1. The van der Waals surface area contributed by atoms with E-state index in [9.17, 15) is 47.0 Å². The number of benzene rings is 3. The number of hydrogen-bond acceptors (Lipinski definition) is 14. The number of aryl methyl sites for hydroxylation is 2. The maximum absolute atomic E-state index is 14.2. The van der Waals surface area contributed by atoms with Crippen LogP contribution in [0.3, 0.4) is 0 Å². The minimum atomic E-state index is -4.92. The summed E-state index contributed by atoms with van der Waals surface area (Å²) in [6, 6.07) is 21.5. The van der Waals surface area contributed by atoms with E-state index in [4.69, 9.17) is 4.52 Å². The normalized spacial score (nSPS) is 17.7. The fourth-order valence-electron chi connectivity index (χ4n) is 11.4. The highest BCUT2D eigenvalue weighted by Gasteiger charge is 2.44. The third-order valence-corrected chi connectivity index (χ3v) is 17.1. The number of amides is 5. The summed E-state index contributed by atoms with van der Waals surface area (Å²) in [6.45, 7) is 13.7. The Morgan fingerprint density at radius 3 is 2.28 bits per heavy atom. The minimum absolute atomic E-state index is 0.0265. The molecule has 0 bridgehead atoms. The zero-order valence-electron chi connectivity index (χ0n) is 48.5. The predicted octanol–water partition coefficient (Wildman–Crippen LogP) is 7.76. The molecule has 6 aromatic rings. The number of carbonyl (C=O) groups excluding carboxylic acids is 5. The number of aliphatic hydroxyl groups excluding tert-OH is 1. The van der Waals surface area contributed by atoms with E-state index in [1.54, 1.807) is 24.6 Å². The van der Waals surface area contributed by atoms with Gasteiger partial charge in [-0.15, -0.1) is 11.3 Å². The number of piperazine rings is 2. The molecule has 4 atom stereocenters. The number of halogens is 3. The molecule has 19 nitrogen and oxygen atoms in total. The first kappa shape index (κ1) is 61.8. The van der Waals surface area contributed by atoms with Crippen LogP contribution in [0.5, 0.6) is 0 Å². The standard InChI is InChI=1S/C62H74F3N11O8S/c1-38(2)57(53-28-39(3)71-84-53)61(83)76-36-46(77)31-52(76)60(82)69-49(42-13-15-43(16-14-42)58-40(4)68-37-85-58)33-55(79)66-19-8-6-7-12-56(80)75-26-22-73(23-27-75)35-41-10-9-11-44(29-41)45-17-18-51(74-24-20-72(5)21-25-74)50(30-45)70-59(81)47-34-67-54(78)32-48(47)62(63,64)65/h9-11,13-18,28-30,32,34,37-38,46,49,52,57,77H,6-8,12,19-27,31,33,35-36H2,1-5H3,(H,66,79)(H,67,78)(H,69,82)(H,70,81)/t46-,49+,52+,57-/m1/s1. The molecule has 5 N–H and O–H groups in total. The number of alkyl halides is 3. The first-order valence-corrected chi connectivity index (χ1v) is 29.8. The van der Waals surface area contributed by atoms with Gasteiger partial charge in [-0.25, -0.2) is 4.98 Å². The van der Waals surface area contributed by atoms with Gasteiger partial charge in [0.05, 0.1) is 62.8 Å². The highest BCUT2D eigenvalue weighted by Crippen LogP contribution is 2.37. The van der Waals surface area contributed by atoms with Crippen LogP contribution >= 0.6 is 11.3 Å². The summed E-state index contributed by atoms with van der Waals surface area (Å²) in [5.74, 6) is -2.55. The molecule has 452 valence electrons. The summed E-state index contributed by atoms with van der Waals surface area (Å²) in [6.07, 6.45) is -2.73. The largest absolute Gasteiger partial charge is 0.417 e. The number of aromatic amines is 1. The SMILES string of the molecule is Cc1cc([C@H](C(=O)N2C[C@H](O)C[C@H]2C(=O)N[C@@H](CC(=O)NCCCCCC(=O)N2CCN(Cc3cccc(-c4ccc(N5CCN(C)CC5)c(NC(=O)c5c[nH]c(=O)cc5C(F)(F)F)c4)c3)CC2)c2ccc(-c3scnc3C)cc2)C(C)C)on1. The Kier molecular flexibility index (Phi) is 20.0. The number of thiazole rings is 1. The van der Waals surface area contributed by atoms with E-state index in [-0.39, 0.29) is 43.0 Å². The smallest absolute Gasteiger partial charge is 0.391 e. The average molecular weight is 1190 g/mol. The van der Waals surface area contributed by atoms with Gasteiger partial charge < -0.3 is 50.2 Å². The summed E-state index contributed by atoms with van der Waals surface area (Å²) >= 11 is 1.52. The van der Waals surface area contributed by atoms with Crippen LogP contribution in [0.25, 0.3) is 21.6 Å². The lowest BCUT2D eigenvalue weighted by molar-refractivity contribution is -0.141. The third kappa shape index (κ3) is 15.6. The molecule has 3 fully saturated rings. The summed E-state index contributed by atoms with van der Waals surface area (Å²) in [5, 5.41) is 23.6. The van der Waals surface area contributed by atoms with Gasteiger partial charge in [0, 0.05) is 103 Å². The fourth-order valence-corrected chi connectivity index (χ4v) is 12.2. The summed E-state index contributed by atoms with van der Waals surface area (Å²) in [4.78, 5) is 98.3. The van der Waals surface area contributed by atoms with Gasteiger partial charge in [0.1, 0.15) is 17.7 Å². The number of likely N-dealkylation sites (N-methyl/N-ethyl adjacent to an activating group) is 1. The number of carbonyl (C=O) groups is 5. The lowest BCUT2D eigenvalue weighted by Gasteiger charge is -2.35. The van der Waals surface area contributed by atoms with Crippen molar-refractivity contribution in [3.05, 3.63) is 140 Å². The Hall–Kier alpha value is -7.73. The summed E-state index contributed by atoms with van der Waals surface area (Å²) in [5.41, 5.74) is 5.61. The Balaban J connectivity index is 0.752. The van der Waals surface area contributed by atoms with Crippen molar-refractivity contribution >= 4 is 52.2 Å². The van der Waals surface area contributed by atoms with E-state index in [0.29, 0.717) is 113 Å². The summed E-state index contributed by atoms with van der Waals surface area (Å²) in [7, 11) is 2.01. The van der Waals surface area contributed by atoms with Crippen molar-refractivity contribution < 1.29 is 46.8 Å². The molecule has 3 saturated heterocycles. The molecule has 0 saturated carbocycles. The molecule has 3 aromatic heterocycles. The van der Waals surface area contributed by atoms with Crippen LogP contribution in [0.15, 0.2) is 99.9 Å². The number of β-amino-alcohol motifs (C(OH)–C–C–N with tert-alkyl or cyclic N) is 1. The quantitative estimate of drug-likeness (QED) is 0.0435. The van der Waals surface area contributed by atoms with Crippen molar-refractivity contribution in [2.45, 2.75) is 103 Å². The Morgan fingerprint density at radius 2 is 1.60 bits per heavy atom. The molecule has 3 aliphatic heterocycles. The number of nitrogens with one attached hydrogen (secondary N) is 4. The second kappa shape index (κ2) is 27.5. The first-order valence-electron chi connectivity index (χ1n) is 29.0. The molecule has 23 heteroatoms. The monoisotopic (exact) mass is 1190 g/mol. The zero-order chi connectivity index (χ0) is 60.5. The van der Waals surface area contributed by atoms with Crippen molar-refractivity contribution in [3.63, 3.8) is 0 Å². The number of unbranched alkanes of at least 4 members (excludes halogenated alkanes) is 2. The van der Waals surface area contributed by atoms with Gasteiger partial charge in [-0.1, -0.05) is 74.0 Å². The van der Waals surface area contributed by atoms with Crippen molar-refractivity contribution in [1.29, 1.82) is 0 Å². The molecule has 0 aliphatic carbocycles. The van der Waals surface area contributed by atoms with Crippen LogP contribution in [-0.4, -0.2) is 154 Å². The lowest BCUT2D eigenvalue weighted by atomic mass is 9.91. The third-order valence-electron chi connectivity index (χ3n) is 16.1. The topological polar surface area (TPSA) is 230 Å². The van der Waals surface area contributed by atoms with E-state index >= 15 is 0 Å². The van der Waals surface area contributed by atoms with Gasteiger partial charge >= 0.3 is 6.18 Å². The number of pyridine rings is 1. The van der Waals surface area contributed by atoms with Crippen LogP contribution in [0.4, 0.5) is 24.5 Å². The molecule has 0 radical (unpaired) electrons. The van der Waals surface area contributed by atoms with E-state index in [2.05, 4.69) is 45.8 Å². The van der Waals surface area contributed by atoms with Crippen LogP contribution < -0.4 is 26.4 Å². The van der Waals surface area contributed by atoms with Gasteiger partial charge in [-0.05, 0) is 85.7 Å². The van der Waals surface area contributed by atoms with Gasteiger partial charge in [-0.2, -0.15) is 13.2 Å². The van der Waals surface area contributed by atoms with E-state index < -0.39 is 58.8 Å². The molecule has 6 heterocycles. The number of anilines is 2. The lowest BCUT2D eigenvalue weighted by Crippen LogP contribution is -2.49. The highest BCUT2D eigenvalue weighted by molar-refractivity contribution is 7.13. The van der Waals surface area contributed by atoms with Crippen molar-refractivity contribution in [3.8, 4) is 21.6 Å². The summed E-state index contributed by atoms with van der Waals surface area (Å²) < 4.78 is 47.5. The molecule has 3 aromatic carbocycles. The first-order chi connectivity index (χ1) is 40.7. The number of H-pyrrole nitrogens is 1. The maximum atomic E-state index is 14.2. The Bertz CT molecular complexity index is 3390. The van der Waals surface area contributed by atoms with Crippen molar-refractivity contribution in [1.82, 2.24) is 45.4 Å². The highest BCUT2D eigenvalue weighted by atomic mass is 32.1. The Morgan fingerprint density at radius 1 is 0.871 bits per heavy atom. The fraction of sp³-hybridized carbons (Fsp3) is 0.452. The number of aromatic nitrogens is 3. The van der Waals surface area contributed by atoms with E-state index in [1.165, 1.54) is 16.2 Å². The van der Waals surface area contributed by atoms with Crippen LogP contribution in [0, 0.1) is 19.8 Å². The molecule has 5 amide bonds. The number of hydrogen-bond donors (Lipinski definition) is 5. The van der Waals surface area contributed by atoms with E-state index in [1.807, 2.05) is 93.4 Å². The molecule has 3 aliphatic rings. The van der Waals surface area contributed by atoms with Gasteiger partial charge in [0.25, 0.3) is 5.91 Å². The van der Waals surface area contributed by atoms with Crippen molar-refractivity contribution in [2.24, 2.45) is 5.92 Å². The van der Waals surface area contributed by atoms with Crippen LogP contribution in [-0.2, 0) is 31.9 Å². The van der Waals surface area contributed by atoms with E-state index in [0.717, 1.165) is 52.1 Å². The Labute approximate surface area is 495 Å². The molecule has 0 spiro atoms. The second-order valence-electron chi connectivity index (χ2n) is 22.8. The molecular weight excluding hydrogens is 1120 g/mol. The van der Waals surface area contributed by atoms with Crippen LogP contribution in [0.2, 0.25) is 0 Å². The molecular formula is C62H74F3N11O8S.